The van der Waals surface area contributed by atoms with Crippen LogP contribution in [0.5, 0.6) is 17.2 Å². The van der Waals surface area contributed by atoms with Crippen LogP contribution in [0, 0.1) is 0 Å². The predicted octanol–water partition coefficient (Wildman–Crippen LogP) is 1.10. The summed E-state index contributed by atoms with van der Waals surface area (Å²) in [7, 11) is 0. The highest BCUT2D eigenvalue weighted by atomic mass is 16.3. The first-order valence-electron chi connectivity index (χ1n) is 5.14. The number of hydrogen-bond acceptors (Lipinski definition) is 4. The second-order valence-corrected chi connectivity index (χ2v) is 3.94. The number of hydrogen-bond donors (Lipinski definition) is 4. The minimum Gasteiger partial charge on any atom is -0.504 e. The van der Waals surface area contributed by atoms with Crippen molar-refractivity contribution in [2.45, 2.75) is 25.3 Å². The molecule has 0 spiro atoms. The molecule has 0 aliphatic carbocycles. The van der Waals surface area contributed by atoms with Crippen LogP contribution in [0.15, 0.2) is 12.1 Å². The number of phenols is 3. The van der Waals surface area contributed by atoms with Crippen LogP contribution in [0.25, 0.3) is 0 Å². The zero-order valence-corrected chi connectivity index (χ0v) is 8.40. The van der Waals surface area contributed by atoms with Gasteiger partial charge in [-0.2, -0.15) is 0 Å². The summed E-state index contributed by atoms with van der Waals surface area (Å²) in [6, 6.07) is 3.41. The summed E-state index contributed by atoms with van der Waals surface area (Å²) in [5, 5.41) is 31.4. The molecule has 1 saturated heterocycles. The van der Waals surface area contributed by atoms with Crippen molar-refractivity contribution in [3.05, 3.63) is 17.7 Å². The molecule has 4 heteroatoms. The molecular weight excluding hydrogens is 194 g/mol. The van der Waals surface area contributed by atoms with E-state index in [1.807, 2.05) is 0 Å². The zero-order chi connectivity index (χ0) is 10.8. The van der Waals surface area contributed by atoms with Gasteiger partial charge in [0.05, 0.1) is 0 Å². The van der Waals surface area contributed by atoms with Crippen LogP contribution in [-0.2, 0) is 6.42 Å². The zero-order valence-electron chi connectivity index (χ0n) is 8.40. The first kappa shape index (κ1) is 10.1. The highest BCUT2D eigenvalue weighted by Gasteiger charge is 2.18. The van der Waals surface area contributed by atoms with Crippen molar-refractivity contribution in [1.82, 2.24) is 5.32 Å². The van der Waals surface area contributed by atoms with Gasteiger partial charge in [0, 0.05) is 6.04 Å². The lowest BCUT2D eigenvalue weighted by molar-refractivity contribution is 0.363. The molecule has 1 aliphatic rings. The van der Waals surface area contributed by atoms with Crippen LogP contribution in [0.1, 0.15) is 18.4 Å². The Balaban J connectivity index is 2.17. The Bertz CT molecular complexity index is 359. The smallest absolute Gasteiger partial charge is 0.200 e. The molecule has 1 atom stereocenters. The number of nitrogens with one attached hydrogen (secondary N) is 1. The highest BCUT2D eigenvalue weighted by molar-refractivity contribution is 5.53. The van der Waals surface area contributed by atoms with Gasteiger partial charge in [0.2, 0.25) is 5.75 Å². The summed E-state index contributed by atoms with van der Waals surface area (Å²) in [6.45, 7) is 1.01. The van der Waals surface area contributed by atoms with Crippen LogP contribution >= 0.6 is 0 Å². The molecule has 0 aromatic heterocycles. The van der Waals surface area contributed by atoms with Gasteiger partial charge in [-0.15, -0.1) is 0 Å². The molecular formula is C11H15NO3. The fourth-order valence-electron chi connectivity index (χ4n) is 1.97. The van der Waals surface area contributed by atoms with E-state index in [-0.39, 0.29) is 11.5 Å². The second kappa shape index (κ2) is 3.98. The molecule has 0 amide bonds. The van der Waals surface area contributed by atoms with Gasteiger partial charge in [-0.25, -0.2) is 0 Å². The van der Waals surface area contributed by atoms with E-state index in [0.29, 0.717) is 18.0 Å². The summed E-state index contributed by atoms with van der Waals surface area (Å²) in [5.41, 5.74) is 0.671. The fourth-order valence-corrected chi connectivity index (χ4v) is 1.97. The number of benzene rings is 1. The molecule has 0 bridgehead atoms. The number of phenolic OH excluding ortho intramolecular Hbond substituents is 3. The maximum absolute atomic E-state index is 9.60. The Hall–Kier alpha value is -1.42. The average Bonchev–Trinajstić information content (AvgIpc) is 2.72. The van der Waals surface area contributed by atoms with E-state index in [2.05, 4.69) is 5.32 Å². The van der Waals surface area contributed by atoms with E-state index >= 15 is 0 Å². The molecule has 4 nitrogen and oxygen atoms in total. The fraction of sp³-hybridized carbons (Fsp3) is 0.455. The Morgan fingerprint density at radius 2 is 2.00 bits per heavy atom. The van der Waals surface area contributed by atoms with E-state index in [1.54, 1.807) is 6.07 Å². The molecule has 1 aromatic rings. The lowest BCUT2D eigenvalue weighted by Gasteiger charge is -2.12. The van der Waals surface area contributed by atoms with Crippen molar-refractivity contribution in [1.29, 1.82) is 0 Å². The third-order valence-electron chi connectivity index (χ3n) is 2.84. The maximum atomic E-state index is 9.60. The van der Waals surface area contributed by atoms with Crippen molar-refractivity contribution in [2.75, 3.05) is 6.54 Å². The Morgan fingerprint density at radius 1 is 1.20 bits per heavy atom. The molecule has 15 heavy (non-hydrogen) atoms. The quantitative estimate of drug-likeness (QED) is 0.550. The summed E-state index contributed by atoms with van der Waals surface area (Å²) in [5.74, 6) is -0.912. The summed E-state index contributed by atoms with van der Waals surface area (Å²) in [4.78, 5) is 0. The molecule has 2 rings (SSSR count). The van der Waals surface area contributed by atoms with E-state index in [4.69, 9.17) is 5.11 Å². The molecule has 1 fully saturated rings. The summed E-state index contributed by atoms with van der Waals surface area (Å²) in [6.07, 6.45) is 2.91. The standard InChI is InChI=1S/C11H15NO3/c13-9-4-3-7(10(14)11(9)15)6-8-2-1-5-12-8/h3-4,8,12-15H,1-2,5-6H2. The molecule has 4 N–H and O–H groups in total. The first-order valence-corrected chi connectivity index (χ1v) is 5.14. The Kier molecular flexibility index (Phi) is 2.68. The highest BCUT2D eigenvalue weighted by Crippen LogP contribution is 2.37. The largest absolute Gasteiger partial charge is 0.504 e. The minimum atomic E-state index is -0.425. The lowest BCUT2D eigenvalue weighted by atomic mass is 10.0. The first-order chi connectivity index (χ1) is 7.18. The van der Waals surface area contributed by atoms with Crippen LogP contribution < -0.4 is 5.32 Å². The number of aromatic hydroxyl groups is 3. The van der Waals surface area contributed by atoms with Crippen LogP contribution in [-0.4, -0.2) is 27.9 Å². The summed E-state index contributed by atoms with van der Waals surface area (Å²) >= 11 is 0. The Morgan fingerprint density at radius 3 is 2.67 bits per heavy atom. The second-order valence-electron chi connectivity index (χ2n) is 3.94. The molecule has 1 aromatic carbocycles. The van der Waals surface area contributed by atoms with Gasteiger partial charge in [-0.1, -0.05) is 6.07 Å². The van der Waals surface area contributed by atoms with E-state index in [1.165, 1.54) is 6.07 Å². The van der Waals surface area contributed by atoms with Gasteiger partial charge in [-0.05, 0) is 37.4 Å². The molecule has 0 saturated carbocycles. The van der Waals surface area contributed by atoms with Crippen LogP contribution in [0.2, 0.25) is 0 Å². The van der Waals surface area contributed by atoms with Crippen molar-refractivity contribution in [2.24, 2.45) is 0 Å². The van der Waals surface area contributed by atoms with Gasteiger partial charge >= 0.3 is 0 Å². The van der Waals surface area contributed by atoms with Gasteiger partial charge in [0.1, 0.15) is 0 Å². The molecule has 1 unspecified atom stereocenters. The number of rotatable bonds is 2. The molecule has 1 heterocycles. The monoisotopic (exact) mass is 209 g/mol. The maximum Gasteiger partial charge on any atom is 0.200 e. The molecule has 1 aliphatic heterocycles. The average molecular weight is 209 g/mol. The summed E-state index contributed by atoms with van der Waals surface area (Å²) < 4.78 is 0. The van der Waals surface area contributed by atoms with Crippen LogP contribution in [0.3, 0.4) is 0 Å². The van der Waals surface area contributed by atoms with E-state index in [0.717, 1.165) is 19.4 Å². The van der Waals surface area contributed by atoms with Gasteiger partial charge in [0.25, 0.3) is 0 Å². The topological polar surface area (TPSA) is 72.7 Å². The van der Waals surface area contributed by atoms with Crippen molar-refractivity contribution in [3.63, 3.8) is 0 Å². The normalized spacial score (nSPS) is 20.7. The van der Waals surface area contributed by atoms with E-state index < -0.39 is 5.75 Å². The minimum absolute atomic E-state index is 0.205. The third-order valence-corrected chi connectivity index (χ3v) is 2.84. The van der Waals surface area contributed by atoms with Crippen molar-refractivity contribution in [3.8, 4) is 17.2 Å². The van der Waals surface area contributed by atoms with Crippen molar-refractivity contribution >= 4 is 0 Å². The van der Waals surface area contributed by atoms with Gasteiger partial charge in [-0.3, -0.25) is 0 Å². The predicted molar refractivity (Wildman–Crippen MR) is 56.2 cm³/mol. The van der Waals surface area contributed by atoms with Crippen molar-refractivity contribution < 1.29 is 15.3 Å². The van der Waals surface area contributed by atoms with Gasteiger partial charge in [0.15, 0.2) is 11.5 Å². The molecule has 0 radical (unpaired) electrons. The third kappa shape index (κ3) is 1.99. The van der Waals surface area contributed by atoms with E-state index in [9.17, 15) is 10.2 Å². The van der Waals surface area contributed by atoms with Gasteiger partial charge < -0.3 is 20.6 Å². The lowest BCUT2D eigenvalue weighted by Crippen LogP contribution is -2.23. The molecule has 82 valence electrons. The SMILES string of the molecule is Oc1ccc(CC2CCCN2)c(O)c1O. The Labute approximate surface area is 88.2 Å². The van der Waals surface area contributed by atoms with Crippen LogP contribution in [0.4, 0.5) is 0 Å².